The van der Waals surface area contributed by atoms with E-state index in [0.29, 0.717) is 26.2 Å². The predicted octanol–water partition coefficient (Wildman–Crippen LogP) is 4.05. The number of rotatable bonds is 8. The molecule has 0 aromatic rings. The molecule has 0 unspecified atom stereocenters. The molecule has 0 heterocycles. The fourth-order valence-corrected chi connectivity index (χ4v) is 45.1. The third-order valence-electron chi connectivity index (χ3n) is 3.57. The fraction of sp³-hybridized carbons (Fsp3) is 0.692. The Kier molecular flexibility index (Phi) is 6.22. The SMILES string of the molecule is CC[O][Zr]([O]CC)([O]CC)([C]1=CC=CC1)[Ge]([CH3])([CH3])[F]. The Bertz CT molecular complexity index is 357. The molecule has 0 radical (unpaired) electrons. The standard InChI is InChI=1S/C5H5.C2H6FGe.3C2H5O.Zr/c1-2-4-5-3-1;1-4(2)3;3*1-2-3;/h1-3H,4H2;1-2H3;3*2H2,1H3;/q;;3*-1;+3. The second-order valence-electron chi connectivity index (χ2n) is 5.08. The van der Waals surface area contributed by atoms with Crippen LogP contribution in [0.25, 0.3) is 0 Å². The Morgan fingerprint density at radius 3 is 1.84 bits per heavy atom. The quantitative estimate of drug-likeness (QED) is 0.563. The minimum absolute atomic E-state index is 0.432. The van der Waals surface area contributed by atoms with Gasteiger partial charge in [-0.3, -0.25) is 0 Å². The van der Waals surface area contributed by atoms with Gasteiger partial charge in [0.1, 0.15) is 0 Å². The van der Waals surface area contributed by atoms with E-state index in [1.165, 1.54) is 0 Å². The van der Waals surface area contributed by atoms with Crippen LogP contribution in [-0.2, 0) is 26.0 Å². The maximum atomic E-state index is 15.4. The topological polar surface area (TPSA) is 27.7 Å². The number of hydrogen-bond donors (Lipinski definition) is 0. The third-order valence-corrected chi connectivity index (χ3v) is 53.1. The summed E-state index contributed by atoms with van der Waals surface area (Å²) in [5.41, 5.74) is 0. The molecule has 0 atom stereocenters. The van der Waals surface area contributed by atoms with Gasteiger partial charge in [0, 0.05) is 0 Å². The normalized spacial score (nSPS) is 18.2. The van der Waals surface area contributed by atoms with Crippen LogP contribution in [0.3, 0.4) is 0 Å². The van der Waals surface area contributed by atoms with E-state index < -0.39 is 27.5 Å². The van der Waals surface area contributed by atoms with Crippen LogP contribution >= 0.6 is 0 Å². The van der Waals surface area contributed by atoms with Gasteiger partial charge in [0.25, 0.3) is 0 Å². The summed E-state index contributed by atoms with van der Waals surface area (Å²) >= 11 is -4.88. The summed E-state index contributed by atoms with van der Waals surface area (Å²) in [6, 6.07) is 0. The maximum absolute atomic E-state index is 15.4. The summed E-state index contributed by atoms with van der Waals surface area (Å²) < 4.78 is 34.7. The second kappa shape index (κ2) is 6.65. The molecule has 0 bridgehead atoms. The summed E-state index contributed by atoms with van der Waals surface area (Å²) in [7, 11) is -3.86. The van der Waals surface area contributed by atoms with Crippen molar-refractivity contribution in [3.05, 3.63) is 21.5 Å². The molecule has 0 aliphatic heterocycles. The van der Waals surface area contributed by atoms with Crippen molar-refractivity contribution in [2.45, 2.75) is 38.7 Å². The molecule has 0 N–H and O–H groups in total. The minimum atomic E-state index is -4.88. The number of halogens is 1. The van der Waals surface area contributed by atoms with Crippen LogP contribution in [0.1, 0.15) is 27.2 Å². The van der Waals surface area contributed by atoms with E-state index in [1.54, 1.807) is 11.5 Å². The fourth-order valence-electron chi connectivity index (χ4n) is 2.85. The van der Waals surface area contributed by atoms with Crippen molar-refractivity contribution in [2.75, 3.05) is 19.8 Å². The van der Waals surface area contributed by atoms with Crippen LogP contribution in [0, 0.1) is 0 Å². The molecule has 111 valence electrons. The van der Waals surface area contributed by atoms with Crippen molar-refractivity contribution in [1.82, 2.24) is 0 Å². The van der Waals surface area contributed by atoms with Gasteiger partial charge >= 0.3 is 120 Å². The van der Waals surface area contributed by atoms with Crippen LogP contribution < -0.4 is 0 Å². The Hall–Kier alpha value is 0.716. The van der Waals surface area contributed by atoms with Crippen LogP contribution in [-0.4, -0.2) is 29.8 Å². The average molecular weight is 413 g/mol. The first kappa shape index (κ1) is 17.8. The van der Waals surface area contributed by atoms with E-state index in [-0.39, 0.29) is 0 Å². The molecule has 1 rings (SSSR count). The summed E-state index contributed by atoms with van der Waals surface area (Å²) in [5.74, 6) is 3.43. The van der Waals surface area contributed by atoms with Crippen LogP contribution in [0.15, 0.2) is 21.5 Å². The average Bonchev–Trinajstić information content (AvgIpc) is 2.82. The van der Waals surface area contributed by atoms with Crippen LogP contribution in [0.2, 0.25) is 11.5 Å². The van der Waals surface area contributed by atoms with Crippen LogP contribution in [0.4, 0.5) is 3.50 Å². The van der Waals surface area contributed by atoms with E-state index in [0.717, 1.165) is 3.28 Å². The van der Waals surface area contributed by atoms with E-state index >= 15 is 3.50 Å². The van der Waals surface area contributed by atoms with Gasteiger partial charge in [0.2, 0.25) is 0 Å². The molecule has 0 saturated carbocycles. The third kappa shape index (κ3) is 2.87. The van der Waals surface area contributed by atoms with Gasteiger partial charge in [-0.05, 0) is 0 Å². The molecule has 6 heteroatoms. The molecule has 1 aliphatic rings. The summed E-state index contributed by atoms with van der Waals surface area (Å²) in [4.78, 5) is 0. The van der Waals surface area contributed by atoms with Crippen LogP contribution in [0.5, 0.6) is 0 Å². The first-order valence-corrected chi connectivity index (χ1v) is 23.7. The monoisotopic (exact) mass is 413 g/mol. The molecular weight excluding hydrogens is 387 g/mol. The van der Waals surface area contributed by atoms with E-state index in [4.69, 9.17) is 8.44 Å². The molecular formula is C13H26FGeO3Zr. The first-order chi connectivity index (χ1) is 8.87. The molecule has 0 aromatic heterocycles. The second-order valence-corrected chi connectivity index (χ2v) is 45.7. The van der Waals surface area contributed by atoms with Gasteiger partial charge in [-0.25, -0.2) is 0 Å². The molecule has 0 saturated heterocycles. The first-order valence-electron chi connectivity index (χ1n) is 7.01. The predicted molar refractivity (Wildman–Crippen MR) is 75.3 cm³/mol. The van der Waals surface area contributed by atoms with Gasteiger partial charge < -0.3 is 0 Å². The van der Waals surface area contributed by atoms with Gasteiger partial charge in [-0.1, -0.05) is 0 Å². The van der Waals surface area contributed by atoms with Gasteiger partial charge in [-0.15, -0.1) is 0 Å². The molecule has 0 amide bonds. The summed E-state index contributed by atoms with van der Waals surface area (Å²) in [6.45, 7) is 6.97. The van der Waals surface area contributed by atoms with E-state index in [2.05, 4.69) is 0 Å². The van der Waals surface area contributed by atoms with Crippen molar-refractivity contribution >= 4 is 9.94 Å². The van der Waals surface area contributed by atoms with Crippen molar-refractivity contribution in [1.29, 1.82) is 0 Å². The Balaban J connectivity index is 3.47. The Morgan fingerprint density at radius 2 is 1.58 bits per heavy atom. The van der Waals surface area contributed by atoms with Gasteiger partial charge in [0.15, 0.2) is 0 Å². The van der Waals surface area contributed by atoms with E-state index in [1.807, 2.05) is 39.0 Å². The van der Waals surface area contributed by atoms with Crippen molar-refractivity contribution < 1.29 is 29.5 Å². The van der Waals surface area contributed by atoms with E-state index in [9.17, 15) is 0 Å². The zero-order valence-corrected chi connectivity index (χ0v) is 17.2. The zero-order valence-electron chi connectivity index (χ0n) is 12.7. The molecule has 0 aromatic carbocycles. The zero-order chi connectivity index (χ0) is 14.6. The molecule has 3 nitrogen and oxygen atoms in total. The van der Waals surface area contributed by atoms with Crippen molar-refractivity contribution in [3.8, 4) is 0 Å². The van der Waals surface area contributed by atoms with Crippen molar-refractivity contribution in [3.63, 3.8) is 0 Å². The Morgan fingerprint density at radius 1 is 1.11 bits per heavy atom. The van der Waals surface area contributed by atoms with Gasteiger partial charge in [-0.2, -0.15) is 0 Å². The molecule has 0 spiro atoms. The molecule has 1 aliphatic carbocycles. The molecule has 19 heavy (non-hydrogen) atoms. The molecule has 0 fully saturated rings. The summed E-state index contributed by atoms with van der Waals surface area (Å²) in [5, 5.41) is 0. The Labute approximate surface area is 119 Å². The number of hydrogen-bond acceptors (Lipinski definition) is 3. The van der Waals surface area contributed by atoms with Gasteiger partial charge in [0.05, 0.1) is 0 Å². The number of allylic oxidation sites excluding steroid dienone is 4. The van der Waals surface area contributed by atoms with Crippen molar-refractivity contribution in [2.24, 2.45) is 0 Å². The summed E-state index contributed by atoms with van der Waals surface area (Å²) in [6.07, 6.45) is 6.63.